The third-order valence-corrected chi connectivity index (χ3v) is 4.31. The summed E-state index contributed by atoms with van der Waals surface area (Å²) >= 11 is 0. The highest BCUT2D eigenvalue weighted by Crippen LogP contribution is 2.12. The van der Waals surface area contributed by atoms with Gasteiger partial charge in [-0.3, -0.25) is 0 Å². The molecule has 0 aromatic heterocycles. The van der Waals surface area contributed by atoms with E-state index in [1.54, 1.807) is 0 Å². The zero-order valence-electron chi connectivity index (χ0n) is 11.2. The van der Waals surface area contributed by atoms with Crippen molar-refractivity contribution in [2.75, 3.05) is 0 Å². The van der Waals surface area contributed by atoms with Gasteiger partial charge in [0.25, 0.3) is 0 Å². The second kappa shape index (κ2) is 6.31. The SMILES string of the molecule is CC[C@@H](Cc1ccccc1)NS(=O)C(C)(C)C. The van der Waals surface area contributed by atoms with Crippen LogP contribution in [0.4, 0.5) is 0 Å². The summed E-state index contributed by atoms with van der Waals surface area (Å²) in [5.41, 5.74) is 1.29. The number of rotatable bonds is 5. The van der Waals surface area contributed by atoms with Crippen molar-refractivity contribution in [1.82, 2.24) is 4.72 Å². The zero-order chi connectivity index (χ0) is 12.9. The molecule has 1 aromatic rings. The van der Waals surface area contributed by atoms with Crippen LogP contribution in [0, 0.1) is 0 Å². The Balaban J connectivity index is 2.59. The topological polar surface area (TPSA) is 29.1 Å². The Morgan fingerprint density at radius 2 is 1.82 bits per heavy atom. The first-order chi connectivity index (χ1) is 7.93. The predicted molar refractivity (Wildman–Crippen MR) is 75.3 cm³/mol. The zero-order valence-corrected chi connectivity index (χ0v) is 12.0. The van der Waals surface area contributed by atoms with Gasteiger partial charge in [0.05, 0.1) is 15.7 Å². The maximum Gasteiger partial charge on any atom is 0.0972 e. The summed E-state index contributed by atoms with van der Waals surface area (Å²) in [6.07, 6.45) is 1.91. The van der Waals surface area contributed by atoms with Crippen molar-refractivity contribution in [3.05, 3.63) is 35.9 Å². The average molecular weight is 253 g/mol. The lowest BCUT2D eigenvalue weighted by Crippen LogP contribution is -2.40. The Morgan fingerprint density at radius 3 is 2.29 bits per heavy atom. The molecule has 1 N–H and O–H groups in total. The average Bonchev–Trinajstić information content (AvgIpc) is 2.28. The molecule has 0 bridgehead atoms. The Morgan fingerprint density at radius 1 is 1.24 bits per heavy atom. The molecule has 1 aromatic carbocycles. The summed E-state index contributed by atoms with van der Waals surface area (Å²) in [4.78, 5) is 0. The number of hydrogen-bond acceptors (Lipinski definition) is 1. The Kier molecular flexibility index (Phi) is 5.34. The van der Waals surface area contributed by atoms with Crippen LogP contribution < -0.4 is 4.72 Å². The maximum atomic E-state index is 12.0. The van der Waals surface area contributed by atoms with Gasteiger partial charge in [-0.25, -0.2) is 8.93 Å². The van der Waals surface area contributed by atoms with Crippen LogP contribution in [0.3, 0.4) is 0 Å². The predicted octanol–water partition coefficient (Wildman–Crippen LogP) is 3.06. The standard InChI is InChI=1S/C14H23NOS/c1-5-13(15-17(16)14(2,3)4)11-12-9-7-6-8-10-12/h6-10,13,15H,5,11H2,1-4H3/t13-,17?/m0/s1. The van der Waals surface area contributed by atoms with Crippen LogP contribution in [-0.2, 0) is 17.4 Å². The molecule has 0 saturated heterocycles. The third-order valence-electron chi connectivity index (χ3n) is 2.65. The van der Waals surface area contributed by atoms with E-state index in [1.807, 2.05) is 39.0 Å². The van der Waals surface area contributed by atoms with Crippen LogP contribution in [0.5, 0.6) is 0 Å². The van der Waals surface area contributed by atoms with Gasteiger partial charge in [0, 0.05) is 6.04 Å². The molecule has 0 aliphatic heterocycles. The second-order valence-electron chi connectivity index (χ2n) is 5.29. The van der Waals surface area contributed by atoms with Gasteiger partial charge in [0.1, 0.15) is 0 Å². The van der Waals surface area contributed by atoms with E-state index in [0.717, 1.165) is 12.8 Å². The number of nitrogens with one attached hydrogen (secondary N) is 1. The first-order valence-electron chi connectivity index (χ1n) is 6.15. The molecular weight excluding hydrogens is 230 g/mol. The Bertz CT molecular complexity index is 356. The smallest absolute Gasteiger partial charge is 0.0972 e. The fourth-order valence-corrected chi connectivity index (χ4v) is 2.40. The summed E-state index contributed by atoms with van der Waals surface area (Å²) in [6, 6.07) is 10.6. The monoisotopic (exact) mass is 253 g/mol. The van der Waals surface area contributed by atoms with E-state index in [-0.39, 0.29) is 10.8 Å². The molecule has 0 aliphatic rings. The van der Waals surface area contributed by atoms with Gasteiger partial charge in [-0.15, -0.1) is 0 Å². The highest BCUT2D eigenvalue weighted by atomic mass is 32.2. The van der Waals surface area contributed by atoms with E-state index < -0.39 is 11.0 Å². The highest BCUT2D eigenvalue weighted by Gasteiger charge is 2.22. The summed E-state index contributed by atoms with van der Waals surface area (Å²) in [5.74, 6) is 0. The van der Waals surface area contributed by atoms with Gasteiger partial charge in [-0.1, -0.05) is 37.3 Å². The van der Waals surface area contributed by atoms with Crippen molar-refractivity contribution >= 4 is 11.0 Å². The van der Waals surface area contributed by atoms with Gasteiger partial charge >= 0.3 is 0 Å². The Labute approximate surface area is 107 Å². The van der Waals surface area contributed by atoms with Crippen molar-refractivity contribution < 1.29 is 4.21 Å². The molecule has 0 heterocycles. The summed E-state index contributed by atoms with van der Waals surface area (Å²) in [5, 5.41) is 0. The second-order valence-corrected chi connectivity index (χ2v) is 7.29. The molecule has 1 unspecified atom stereocenters. The van der Waals surface area contributed by atoms with E-state index >= 15 is 0 Å². The van der Waals surface area contributed by atoms with Crippen molar-refractivity contribution in [1.29, 1.82) is 0 Å². The lowest BCUT2D eigenvalue weighted by molar-refractivity contribution is 0.567. The third kappa shape index (κ3) is 5.00. The van der Waals surface area contributed by atoms with Crippen molar-refractivity contribution in [3.8, 4) is 0 Å². The lowest BCUT2D eigenvalue weighted by atomic mass is 10.1. The highest BCUT2D eigenvalue weighted by molar-refractivity contribution is 7.84. The van der Waals surface area contributed by atoms with Gasteiger partial charge in [0.15, 0.2) is 0 Å². The molecule has 0 radical (unpaired) electrons. The van der Waals surface area contributed by atoms with Crippen LogP contribution in [0.15, 0.2) is 30.3 Å². The van der Waals surface area contributed by atoms with E-state index in [2.05, 4.69) is 23.8 Å². The molecule has 96 valence electrons. The largest absolute Gasteiger partial charge is 0.242 e. The lowest BCUT2D eigenvalue weighted by Gasteiger charge is -2.23. The van der Waals surface area contributed by atoms with Gasteiger partial charge in [-0.2, -0.15) is 0 Å². The molecule has 0 saturated carbocycles. The van der Waals surface area contributed by atoms with E-state index in [9.17, 15) is 4.21 Å². The molecular formula is C14H23NOS. The molecule has 1 rings (SSSR count). The van der Waals surface area contributed by atoms with Crippen LogP contribution in [-0.4, -0.2) is 15.0 Å². The maximum absolute atomic E-state index is 12.0. The number of benzene rings is 1. The van der Waals surface area contributed by atoms with Gasteiger partial charge in [0.2, 0.25) is 0 Å². The minimum absolute atomic E-state index is 0.204. The van der Waals surface area contributed by atoms with Crippen molar-refractivity contribution in [2.24, 2.45) is 0 Å². The quantitative estimate of drug-likeness (QED) is 0.858. The van der Waals surface area contributed by atoms with E-state index in [1.165, 1.54) is 5.56 Å². The summed E-state index contributed by atoms with van der Waals surface area (Å²) in [6.45, 7) is 8.10. The molecule has 17 heavy (non-hydrogen) atoms. The van der Waals surface area contributed by atoms with Gasteiger partial charge in [-0.05, 0) is 39.2 Å². The summed E-state index contributed by atoms with van der Waals surface area (Å²) < 4.78 is 15.0. The molecule has 2 nitrogen and oxygen atoms in total. The van der Waals surface area contributed by atoms with Crippen LogP contribution in [0.1, 0.15) is 39.7 Å². The minimum Gasteiger partial charge on any atom is -0.242 e. The fourth-order valence-electron chi connectivity index (χ4n) is 1.50. The minimum atomic E-state index is -0.991. The fraction of sp³-hybridized carbons (Fsp3) is 0.571. The van der Waals surface area contributed by atoms with E-state index in [4.69, 9.17) is 0 Å². The Hall–Kier alpha value is -0.670. The first-order valence-corrected chi connectivity index (χ1v) is 7.30. The first kappa shape index (κ1) is 14.4. The van der Waals surface area contributed by atoms with Crippen LogP contribution in [0.2, 0.25) is 0 Å². The molecule has 0 aliphatic carbocycles. The summed E-state index contributed by atoms with van der Waals surface area (Å²) in [7, 11) is -0.991. The number of hydrogen-bond donors (Lipinski definition) is 1. The van der Waals surface area contributed by atoms with Crippen LogP contribution >= 0.6 is 0 Å². The van der Waals surface area contributed by atoms with Crippen LogP contribution in [0.25, 0.3) is 0 Å². The molecule has 2 atom stereocenters. The normalized spacial score (nSPS) is 15.5. The molecule has 0 fully saturated rings. The van der Waals surface area contributed by atoms with Crippen molar-refractivity contribution in [3.63, 3.8) is 0 Å². The van der Waals surface area contributed by atoms with Crippen molar-refractivity contribution in [2.45, 2.75) is 51.3 Å². The van der Waals surface area contributed by atoms with E-state index in [0.29, 0.717) is 0 Å². The molecule has 0 amide bonds. The molecule has 3 heteroatoms. The molecule has 0 spiro atoms. The van der Waals surface area contributed by atoms with Gasteiger partial charge < -0.3 is 0 Å².